The molecule has 2 aliphatic heterocycles. The molecule has 2 N–H and O–H groups in total. The van der Waals surface area contributed by atoms with Crippen LogP contribution in [-0.4, -0.2) is 56.3 Å². The number of benzene rings is 1. The highest BCUT2D eigenvalue weighted by atomic mass is 32.2. The number of rotatable bonds is 9. The maximum absolute atomic E-state index is 12.3. The normalized spacial score (nSPS) is 19.9. The molecule has 3 heterocycles. The fourth-order valence-electron chi connectivity index (χ4n) is 4.53. The lowest BCUT2D eigenvalue weighted by molar-refractivity contribution is 0.177. The molecular weight excluding hydrogens is 480 g/mol. The topological polar surface area (TPSA) is 117 Å². The van der Waals surface area contributed by atoms with Crippen molar-refractivity contribution in [2.24, 2.45) is 5.92 Å². The van der Waals surface area contributed by atoms with Crippen molar-refractivity contribution in [2.45, 2.75) is 51.7 Å². The van der Waals surface area contributed by atoms with Gasteiger partial charge in [0, 0.05) is 36.4 Å². The van der Waals surface area contributed by atoms with Gasteiger partial charge in [-0.2, -0.15) is 4.98 Å². The number of carbonyl (C=O) groups is 1. The SMILES string of the molecule is C=CS(=O)(=O)NC1CCN(c2ccc([C@H](C)Nc3nccc(N4C(=O)OC[C@@H]4C(C)C)n3)cc2)CC1. The van der Waals surface area contributed by atoms with Gasteiger partial charge in [-0.3, -0.25) is 4.90 Å². The second-order valence-corrected chi connectivity index (χ2v) is 11.2. The van der Waals surface area contributed by atoms with E-state index in [1.54, 1.807) is 17.2 Å². The van der Waals surface area contributed by atoms with Crippen LogP contribution in [0.4, 0.5) is 22.2 Å². The summed E-state index contributed by atoms with van der Waals surface area (Å²) >= 11 is 0. The van der Waals surface area contributed by atoms with E-state index < -0.39 is 10.0 Å². The maximum atomic E-state index is 12.3. The summed E-state index contributed by atoms with van der Waals surface area (Å²) in [6, 6.07) is 9.82. The maximum Gasteiger partial charge on any atom is 0.415 e. The zero-order valence-electron chi connectivity index (χ0n) is 20.9. The van der Waals surface area contributed by atoms with Crippen LogP contribution in [-0.2, 0) is 14.8 Å². The van der Waals surface area contributed by atoms with E-state index in [0.717, 1.165) is 42.6 Å². The molecule has 2 aliphatic rings. The first-order valence-corrected chi connectivity index (χ1v) is 13.8. The summed E-state index contributed by atoms with van der Waals surface area (Å²) in [5, 5.41) is 4.28. The summed E-state index contributed by atoms with van der Waals surface area (Å²) in [5.74, 6) is 1.20. The average Bonchev–Trinajstić information content (AvgIpc) is 3.26. The Morgan fingerprint density at radius 3 is 2.47 bits per heavy atom. The predicted molar refractivity (Wildman–Crippen MR) is 140 cm³/mol. The fraction of sp³-hybridized carbons (Fsp3) is 0.480. The van der Waals surface area contributed by atoms with Crippen LogP contribution in [0.15, 0.2) is 48.5 Å². The Balaban J connectivity index is 1.37. The van der Waals surface area contributed by atoms with Gasteiger partial charge < -0.3 is 15.0 Å². The Hall–Kier alpha value is -3.18. The Morgan fingerprint density at radius 1 is 1.14 bits per heavy atom. The van der Waals surface area contributed by atoms with Crippen molar-refractivity contribution in [2.75, 3.05) is 34.8 Å². The second kappa shape index (κ2) is 10.8. The molecule has 11 heteroatoms. The first-order chi connectivity index (χ1) is 17.2. The van der Waals surface area contributed by atoms with Gasteiger partial charge >= 0.3 is 6.09 Å². The molecule has 10 nitrogen and oxygen atoms in total. The Morgan fingerprint density at radius 2 is 1.83 bits per heavy atom. The van der Waals surface area contributed by atoms with E-state index in [1.807, 2.05) is 6.92 Å². The van der Waals surface area contributed by atoms with Gasteiger partial charge in [0.25, 0.3) is 0 Å². The molecule has 0 unspecified atom stereocenters. The molecule has 0 bridgehead atoms. The molecule has 2 saturated heterocycles. The number of ether oxygens (including phenoxy) is 1. The molecule has 2 aromatic rings. The van der Waals surface area contributed by atoms with Crippen LogP contribution in [0.2, 0.25) is 0 Å². The lowest BCUT2D eigenvalue weighted by atomic mass is 10.0. The lowest BCUT2D eigenvalue weighted by Crippen LogP contribution is -2.44. The Kier molecular flexibility index (Phi) is 7.79. The predicted octanol–water partition coefficient (Wildman–Crippen LogP) is 3.66. The third-order valence-corrected chi connectivity index (χ3v) is 7.81. The van der Waals surface area contributed by atoms with Crippen LogP contribution in [0.25, 0.3) is 0 Å². The number of carbonyl (C=O) groups excluding carboxylic acids is 1. The molecule has 1 aromatic carbocycles. The molecule has 194 valence electrons. The highest BCUT2D eigenvalue weighted by Gasteiger charge is 2.37. The molecule has 2 atom stereocenters. The standard InChI is InChI=1S/C25H34N6O4S/c1-5-36(33,34)29-20-11-14-30(15-12-20)21-8-6-19(7-9-21)18(4)27-24-26-13-10-23(28-24)31-22(17(2)3)16-35-25(31)32/h5-10,13,17-18,20,22,29H,1,11-12,14-16H2,2-4H3,(H,26,27,28)/t18-,22+/m0/s1. The number of piperidine rings is 1. The summed E-state index contributed by atoms with van der Waals surface area (Å²) in [5.41, 5.74) is 2.17. The third-order valence-electron chi connectivity index (χ3n) is 6.71. The van der Waals surface area contributed by atoms with Crippen molar-refractivity contribution >= 4 is 33.6 Å². The van der Waals surface area contributed by atoms with Crippen molar-refractivity contribution in [3.63, 3.8) is 0 Å². The van der Waals surface area contributed by atoms with Crippen LogP contribution < -0.4 is 19.8 Å². The first kappa shape index (κ1) is 25.9. The third kappa shape index (κ3) is 5.96. The Labute approximate surface area is 212 Å². The van der Waals surface area contributed by atoms with E-state index in [4.69, 9.17) is 4.74 Å². The van der Waals surface area contributed by atoms with Crippen LogP contribution in [0.3, 0.4) is 0 Å². The van der Waals surface area contributed by atoms with Gasteiger partial charge in [0.15, 0.2) is 0 Å². The Bertz CT molecular complexity index is 1180. The number of sulfonamides is 1. The summed E-state index contributed by atoms with van der Waals surface area (Å²) in [6.45, 7) is 11.4. The molecule has 4 rings (SSSR count). The number of aromatic nitrogens is 2. The summed E-state index contributed by atoms with van der Waals surface area (Å²) in [7, 11) is -3.41. The summed E-state index contributed by atoms with van der Waals surface area (Å²) in [6.07, 6.45) is 2.73. The summed E-state index contributed by atoms with van der Waals surface area (Å²) < 4.78 is 31.3. The van der Waals surface area contributed by atoms with E-state index in [2.05, 4.69) is 69.6 Å². The fourth-order valence-corrected chi connectivity index (χ4v) is 5.33. The van der Waals surface area contributed by atoms with Crippen LogP contribution >= 0.6 is 0 Å². The van der Waals surface area contributed by atoms with Crippen molar-refractivity contribution in [3.05, 3.63) is 54.1 Å². The van der Waals surface area contributed by atoms with Crippen LogP contribution in [0, 0.1) is 5.92 Å². The van der Waals surface area contributed by atoms with E-state index in [-0.39, 0.29) is 30.1 Å². The lowest BCUT2D eigenvalue weighted by Gasteiger charge is -2.33. The quantitative estimate of drug-likeness (QED) is 0.521. The molecular formula is C25H34N6O4S. The van der Waals surface area contributed by atoms with E-state index in [1.165, 1.54) is 0 Å². The van der Waals surface area contributed by atoms with Gasteiger partial charge in [0.2, 0.25) is 16.0 Å². The number of anilines is 3. The van der Waals surface area contributed by atoms with Gasteiger partial charge in [-0.1, -0.05) is 32.6 Å². The average molecular weight is 515 g/mol. The van der Waals surface area contributed by atoms with Crippen molar-refractivity contribution < 1.29 is 17.9 Å². The van der Waals surface area contributed by atoms with E-state index in [0.29, 0.717) is 18.4 Å². The molecule has 0 spiro atoms. The zero-order valence-corrected chi connectivity index (χ0v) is 21.7. The molecule has 1 amide bonds. The number of hydrogen-bond donors (Lipinski definition) is 2. The number of nitrogens with one attached hydrogen (secondary N) is 2. The molecule has 36 heavy (non-hydrogen) atoms. The minimum Gasteiger partial charge on any atom is -0.447 e. The second-order valence-electron chi connectivity index (χ2n) is 9.55. The monoisotopic (exact) mass is 514 g/mol. The van der Waals surface area contributed by atoms with Crippen molar-refractivity contribution in [1.82, 2.24) is 14.7 Å². The molecule has 0 aliphatic carbocycles. The number of amides is 1. The number of nitrogens with zero attached hydrogens (tertiary/aromatic N) is 4. The number of hydrogen-bond acceptors (Lipinski definition) is 8. The molecule has 1 aromatic heterocycles. The van der Waals surface area contributed by atoms with Gasteiger partial charge in [0.05, 0.1) is 12.1 Å². The van der Waals surface area contributed by atoms with Gasteiger partial charge in [-0.15, -0.1) is 0 Å². The highest BCUT2D eigenvalue weighted by molar-refractivity contribution is 7.92. The highest BCUT2D eigenvalue weighted by Crippen LogP contribution is 2.27. The molecule has 0 saturated carbocycles. The van der Waals surface area contributed by atoms with Crippen molar-refractivity contribution in [1.29, 1.82) is 0 Å². The van der Waals surface area contributed by atoms with Gasteiger partial charge in [0.1, 0.15) is 12.4 Å². The minimum absolute atomic E-state index is 0.0558. The minimum atomic E-state index is -3.41. The van der Waals surface area contributed by atoms with Gasteiger partial charge in [-0.25, -0.2) is 22.9 Å². The van der Waals surface area contributed by atoms with E-state index in [9.17, 15) is 13.2 Å². The van der Waals surface area contributed by atoms with Crippen LogP contribution in [0.5, 0.6) is 0 Å². The smallest absolute Gasteiger partial charge is 0.415 e. The van der Waals surface area contributed by atoms with Crippen LogP contribution in [0.1, 0.15) is 45.2 Å². The van der Waals surface area contributed by atoms with Gasteiger partial charge in [-0.05, 0) is 49.4 Å². The molecule has 0 radical (unpaired) electrons. The zero-order chi connectivity index (χ0) is 25.9. The largest absolute Gasteiger partial charge is 0.447 e. The molecule has 2 fully saturated rings. The number of cyclic esters (lactones) is 1. The summed E-state index contributed by atoms with van der Waals surface area (Å²) in [4.78, 5) is 25.1. The van der Waals surface area contributed by atoms with E-state index >= 15 is 0 Å². The first-order valence-electron chi connectivity index (χ1n) is 12.2. The van der Waals surface area contributed by atoms with Crippen molar-refractivity contribution in [3.8, 4) is 0 Å².